The third kappa shape index (κ3) is 6.57. The van der Waals surface area contributed by atoms with Crippen molar-refractivity contribution in [3.63, 3.8) is 0 Å². The van der Waals surface area contributed by atoms with E-state index in [-0.39, 0.29) is 22.5 Å². The van der Waals surface area contributed by atoms with Gasteiger partial charge in [-0.15, -0.1) is 0 Å². The summed E-state index contributed by atoms with van der Waals surface area (Å²) in [7, 11) is -3.84. The first-order chi connectivity index (χ1) is 16.0. The molecule has 0 atom stereocenters. The molecule has 2 amide bonds. The zero-order valence-electron chi connectivity index (χ0n) is 18.3. The van der Waals surface area contributed by atoms with E-state index < -0.39 is 45.8 Å². The van der Waals surface area contributed by atoms with Gasteiger partial charge in [0.25, 0.3) is 5.91 Å². The number of nitrogens with one attached hydrogen (secondary N) is 1. The van der Waals surface area contributed by atoms with E-state index in [0.29, 0.717) is 31.7 Å². The van der Waals surface area contributed by atoms with Crippen LogP contribution in [0.4, 0.5) is 13.2 Å². The molecule has 1 aliphatic carbocycles. The predicted octanol–water partition coefficient (Wildman–Crippen LogP) is 2.97. The van der Waals surface area contributed by atoms with Crippen molar-refractivity contribution in [1.82, 2.24) is 10.2 Å². The fraction of sp³-hybridized carbons (Fsp3) is 0.391. The summed E-state index contributed by atoms with van der Waals surface area (Å²) in [6.45, 7) is -0.554. The van der Waals surface area contributed by atoms with Gasteiger partial charge in [0, 0.05) is 17.6 Å². The van der Waals surface area contributed by atoms with Crippen molar-refractivity contribution >= 4 is 21.7 Å². The fourth-order valence-electron chi connectivity index (χ4n) is 3.88. The molecule has 3 N–H and O–H groups in total. The molecule has 34 heavy (non-hydrogen) atoms. The van der Waals surface area contributed by atoms with Gasteiger partial charge in [-0.2, -0.15) is 13.2 Å². The van der Waals surface area contributed by atoms with Crippen LogP contribution in [0, 0.1) is 0 Å². The molecule has 3 rings (SSSR count). The highest BCUT2D eigenvalue weighted by Crippen LogP contribution is 2.29. The van der Waals surface area contributed by atoms with Crippen LogP contribution in [0.3, 0.4) is 0 Å². The minimum Gasteiger partial charge on any atom is -0.343 e. The lowest BCUT2D eigenvalue weighted by atomic mass is 9.91. The van der Waals surface area contributed by atoms with E-state index in [2.05, 4.69) is 5.32 Å². The van der Waals surface area contributed by atoms with Crippen LogP contribution in [0.2, 0.25) is 0 Å². The molecule has 1 fully saturated rings. The standard InChI is InChI=1S/C23H26F3N3O4S/c24-23(25,26)17-6-4-5-16(13-17)22(31)28-14-21(30)29(19-11-9-18(27)10-12-19)15-34(32,33)20-7-2-1-3-8-20/h1-8,13,18-19H,9-12,14-15,27H2,(H,28,31). The second-order valence-electron chi connectivity index (χ2n) is 8.25. The van der Waals surface area contributed by atoms with E-state index in [9.17, 15) is 31.2 Å². The van der Waals surface area contributed by atoms with Gasteiger partial charge in [-0.05, 0) is 56.0 Å². The van der Waals surface area contributed by atoms with Crippen LogP contribution in [-0.2, 0) is 20.8 Å². The average molecular weight is 498 g/mol. The maximum atomic E-state index is 13.0. The van der Waals surface area contributed by atoms with Crippen molar-refractivity contribution in [1.29, 1.82) is 0 Å². The van der Waals surface area contributed by atoms with Crippen molar-refractivity contribution in [2.45, 2.75) is 48.8 Å². The summed E-state index contributed by atoms with van der Waals surface area (Å²) >= 11 is 0. The van der Waals surface area contributed by atoms with Crippen LogP contribution in [-0.4, -0.2) is 49.6 Å². The minimum absolute atomic E-state index is 0.0282. The van der Waals surface area contributed by atoms with Crippen LogP contribution in [0.15, 0.2) is 59.5 Å². The molecule has 0 spiro atoms. The van der Waals surface area contributed by atoms with Crippen molar-refractivity contribution in [3.05, 3.63) is 65.7 Å². The summed E-state index contributed by atoms with van der Waals surface area (Å²) in [6.07, 6.45) is -2.35. The largest absolute Gasteiger partial charge is 0.416 e. The molecule has 0 aromatic heterocycles. The molecule has 1 saturated carbocycles. The van der Waals surface area contributed by atoms with E-state index >= 15 is 0 Å². The first kappa shape index (κ1) is 25.7. The third-order valence-corrected chi connectivity index (χ3v) is 7.37. The van der Waals surface area contributed by atoms with Crippen LogP contribution < -0.4 is 11.1 Å². The van der Waals surface area contributed by atoms with Gasteiger partial charge in [0.2, 0.25) is 5.91 Å². The Bertz CT molecular complexity index is 1120. The Morgan fingerprint density at radius 1 is 1.00 bits per heavy atom. The lowest BCUT2D eigenvalue weighted by Gasteiger charge is -2.36. The number of halogens is 3. The van der Waals surface area contributed by atoms with E-state index in [1.807, 2.05) is 0 Å². The van der Waals surface area contributed by atoms with Crippen LogP contribution >= 0.6 is 0 Å². The normalized spacial score (nSPS) is 18.8. The first-order valence-corrected chi connectivity index (χ1v) is 12.4. The molecular formula is C23H26F3N3O4S. The Kier molecular flexibility index (Phi) is 7.98. The molecule has 2 aromatic rings. The molecule has 184 valence electrons. The number of rotatable bonds is 7. The lowest BCUT2D eigenvalue weighted by Crippen LogP contribution is -2.49. The van der Waals surface area contributed by atoms with Gasteiger partial charge < -0.3 is 16.0 Å². The van der Waals surface area contributed by atoms with Crippen LogP contribution in [0.25, 0.3) is 0 Å². The molecule has 11 heteroatoms. The van der Waals surface area contributed by atoms with Crippen molar-refractivity contribution in [3.8, 4) is 0 Å². The van der Waals surface area contributed by atoms with Gasteiger partial charge in [-0.25, -0.2) is 8.42 Å². The summed E-state index contributed by atoms with van der Waals surface area (Å²) in [5.41, 5.74) is 4.70. The lowest BCUT2D eigenvalue weighted by molar-refractivity contribution is -0.137. The highest BCUT2D eigenvalue weighted by molar-refractivity contribution is 7.91. The molecule has 0 heterocycles. The summed E-state index contributed by atoms with van der Waals surface area (Å²) in [6, 6.07) is 11.1. The number of hydrogen-bond acceptors (Lipinski definition) is 5. The Balaban J connectivity index is 1.74. The summed E-state index contributed by atoms with van der Waals surface area (Å²) in [4.78, 5) is 26.7. The number of nitrogens with two attached hydrogens (primary N) is 1. The zero-order valence-corrected chi connectivity index (χ0v) is 19.1. The molecule has 0 bridgehead atoms. The number of carbonyl (C=O) groups excluding carboxylic acids is 2. The SMILES string of the molecule is NC1CCC(N(CS(=O)(=O)c2ccccc2)C(=O)CNC(=O)c2cccc(C(F)(F)F)c2)CC1. The van der Waals surface area contributed by atoms with E-state index in [1.165, 1.54) is 23.1 Å². The number of benzene rings is 2. The van der Waals surface area contributed by atoms with Gasteiger partial charge in [0.15, 0.2) is 9.84 Å². The van der Waals surface area contributed by atoms with Crippen LogP contribution in [0.5, 0.6) is 0 Å². The summed E-state index contributed by atoms with van der Waals surface area (Å²) in [5.74, 6) is -2.08. The molecule has 7 nitrogen and oxygen atoms in total. The minimum atomic E-state index is -4.61. The average Bonchev–Trinajstić information content (AvgIpc) is 2.81. The van der Waals surface area contributed by atoms with Gasteiger partial charge >= 0.3 is 6.18 Å². The fourth-order valence-corrected chi connectivity index (χ4v) is 5.32. The van der Waals surface area contributed by atoms with Crippen molar-refractivity contribution in [2.24, 2.45) is 5.73 Å². The number of nitrogens with zero attached hydrogens (tertiary/aromatic N) is 1. The maximum absolute atomic E-state index is 13.0. The Labute approximate surface area is 196 Å². The highest BCUT2D eigenvalue weighted by atomic mass is 32.2. The number of alkyl halides is 3. The molecule has 0 unspecified atom stereocenters. The summed E-state index contributed by atoms with van der Waals surface area (Å²) in [5, 5.41) is 2.31. The molecular weight excluding hydrogens is 471 g/mol. The molecule has 0 radical (unpaired) electrons. The van der Waals surface area contributed by atoms with Gasteiger partial charge in [0.1, 0.15) is 5.88 Å². The topological polar surface area (TPSA) is 110 Å². The molecule has 1 aliphatic rings. The second kappa shape index (κ2) is 10.6. The monoisotopic (exact) mass is 497 g/mol. The first-order valence-electron chi connectivity index (χ1n) is 10.8. The zero-order chi connectivity index (χ0) is 24.9. The smallest absolute Gasteiger partial charge is 0.343 e. The van der Waals surface area contributed by atoms with E-state index in [0.717, 1.165) is 12.1 Å². The Morgan fingerprint density at radius 2 is 1.65 bits per heavy atom. The number of sulfone groups is 1. The Hall–Kier alpha value is -2.92. The number of hydrogen-bond donors (Lipinski definition) is 2. The van der Waals surface area contributed by atoms with Crippen molar-refractivity contribution < 1.29 is 31.2 Å². The van der Waals surface area contributed by atoms with Gasteiger partial charge in [-0.3, -0.25) is 9.59 Å². The quantitative estimate of drug-likeness (QED) is 0.611. The molecule has 0 saturated heterocycles. The maximum Gasteiger partial charge on any atom is 0.416 e. The predicted molar refractivity (Wildman–Crippen MR) is 119 cm³/mol. The van der Waals surface area contributed by atoms with E-state index in [1.54, 1.807) is 18.2 Å². The van der Waals surface area contributed by atoms with Gasteiger partial charge in [-0.1, -0.05) is 24.3 Å². The second-order valence-corrected chi connectivity index (χ2v) is 10.2. The number of amides is 2. The van der Waals surface area contributed by atoms with E-state index in [4.69, 9.17) is 5.73 Å². The summed E-state index contributed by atoms with van der Waals surface area (Å²) < 4.78 is 64.6. The third-order valence-electron chi connectivity index (χ3n) is 5.77. The Morgan fingerprint density at radius 3 is 2.26 bits per heavy atom. The van der Waals surface area contributed by atoms with Gasteiger partial charge in [0.05, 0.1) is 17.0 Å². The van der Waals surface area contributed by atoms with Crippen molar-refractivity contribution in [2.75, 3.05) is 12.4 Å². The van der Waals surface area contributed by atoms with Crippen LogP contribution in [0.1, 0.15) is 41.6 Å². The number of carbonyl (C=O) groups is 2. The molecule has 2 aromatic carbocycles. The molecule has 0 aliphatic heterocycles. The highest BCUT2D eigenvalue weighted by Gasteiger charge is 2.33.